The minimum absolute atomic E-state index is 0.107. The van der Waals surface area contributed by atoms with E-state index < -0.39 is 0 Å². The van der Waals surface area contributed by atoms with Crippen LogP contribution in [-0.2, 0) is 0 Å². The van der Waals surface area contributed by atoms with Gasteiger partial charge in [-0.2, -0.15) is 0 Å². The molecular formula is C14H12FNS2. The lowest BCUT2D eigenvalue weighted by Gasteiger charge is -2.05. The standard InChI is InChI=1S/C14H12FNS2/c1-8-2-4-12(17-8)14(16)13-7-9-6-10(15)3-5-11(9)18-13/h2-7,14H,16H2,1H3. The molecule has 0 spiro atoms. The van der Waals surface area contributed by atoms with Crippen LogP contribution in [-0.4, -0.2) is 0 Å². The molecule has 3 rings (SSSR count). The fourth-order valence-electron chi connectivity index (χ4n) is 1.95. The lowest BCUT2D eigenvalue weighted by molar-refractivity contribution is 0.630. The average Bonchev–Trinajstić information content (AvgIpc) is 2.93. The molecule has 18 heavy (non-hydrogen) atoms. The molecule has 2 heterocycles. The molecule has 3 aromatic rings. The highest BCUT2D eigenvalue weighted by molar-refractivity contribution is 7.19. The smallest absolute Gasteiger partial charge is 0.123 e. The Morgan fingerprint density at radius 1 is 1.06 bits per heavy atom. The molecule has 0 aliphatic heterocycles. The fourth-order valence-corrected chi connectivity index (χ4v) is 3.99. The molecule has 0 radical (unpaired) electrons. The van der Waals surface area contributed by atoms with E-state index >= 15 is 0 Å². The van der Waals surface area contributed by atoms with E-state index in [1.165, 1.54) is 10.9 Å². The van der Waals surface area contributed by atoms with Gasteiger partial charge in [0.05, 0.1) is 6.04 Å². The molecule has 2 aromatic heterocycles. The maximum atomic E-state index is 13.1. The molecule has 0 aliphatic rings. The van der Waals surface area contributed by atoms with Crippen LogP contribution in [0.4, 0.5) is 4.39 Å². The van der Waals surface area contributed by atoms with E-state index in [0.29, 0.717) is 0 Å². The first-order valence-corrected chi connectivity index (χ1v) is 7.28. The SMILES string of the molecule is Cc1ccc(C(N)c2cc3cc(F)ccc3s2)s1. The van der Waals surface area contributed by atoms with Gasteiger partial charge in [-0.3, -0.25) is 0 Å². The zero-order chi connectivity index (χ0) is 12.7. The van der Waals surface area contributed by atoms with Gasteiger partial charge in [0.1, 0.15) is 5.82 Å². The summed E-state index contributed by atoms with van der Waals surface area (Å²) in [7, 11) is 0. The van der Waals surface area contributed by atoms with Gasteiger partial charge in [-0.15, -0.1) is 22.7 Å². The van der Waals surface area contributed by atoms with Crippen molar-refractivity contribution in [2.45, 2.75) is 13.0 Å². The monoisotopic (exact) mass is 277 g/mol. The van der Waals surface area contributed by atoms with Crippen LogP contribution < -0.4 is 5.73 Å². The molecule has 0 aliphatic carbocycles. The molecule has 4 heteroatoms. The van der Waals surface area contributed by atoms with E-state index in [-0.39, 0.29) is 11.9 Å². The lowest BCUT2D eigenvalue weighted by atomic mass is 10.2. The largest absolute Gasteiger partial charge is 0.319 e. The first kappa shape index (κ1) is 11.8. The van der Waals surface area contributed by atoms with E-state index in [1.54, 1.807) is 28.7 Å². The van der Waals surface area contributed by atoms with Crippen LogP contribution in [0.1, 0.15) is 20.7 Å². The summed E-state index contributed by atoms with van der Waals surface area (Å²) in [6.07, 6.45) is 0. The molecule has 0 bridgehead atoms. The zero-order valence-corrected chi connectivity index (χ0v) is 11.4. The molecule has 0 fully saturated rings. The third-order valence-electron chi connectivity index (χ3n) is 2.87. The van der Waals surface area contributed by atoms with Gasteiger partial charge in [-0.05, 0) is 48.7 Å². The number of hydrogen-bond donors (Lipinski definition) is 1. The second-order valence-corrected chi connectivity index (χ2v) is 6.69. The quantitative estimate of drug-likeness (QED) is 0.735. The van der Waals surface area contributed by atoms with Crippen LogP contribution in [0.15, 0.2) is 36.4 Å². The van der Waals surface area contributed by atoms with Gasteiger partial charge >= 0.3 is 0 Å². The summed E-state index contributed by atoms with van der Waals surface area (Å²) < 4.78 is 14.2. The second-order valence-electron chi connectivity index (χ2n) is 4.26. The predicted octanol–water partition coefficient (Wildman–Crippen LogP) is 4.46. The third-order valence-corrected chi connectivity index (χ3v) is 5.15. The number of aryl methyl sites for hydroxylation is 1. The summed E-state index contributed by atoms with van der Waals surface area (Å²) in [4.78, 5) is 3.49. The fraction of sp³-hybridized carbons (Fsp3) is 0.143. The summed E-state index contributed by atoms with van der Waals surface area (Å²) in [6, 6.07) is 10.9. The van der Waals surface area contributed by atoms with E-state index in [1.807, 2.05) is 12.1 Å². The van der Waals surface area contributed by atoms with Crippen molar-refractivity contribution in [3.05, 3.63) is 56.8 Å². The maximum absolute atomic E-state index is 13.1. The molecule has 0 amide bonds. The molecule has 1 unspecified atom stereocenters. The Bertz CT molecular complexity index is 699. The molecule has 2 N–H and O–H groups in total. The van der Waals surface area contributed by atoms with Gasteiger partial charge in [0.2, 0.25) is 0 Å². The van der Waals surface area contributed by atoms with Crippen LogP contribution in [0.3, 0.4) is 0 Å². The Morgan fingerprint density at radius 3 is 2.61 bits per heavy atom. The van der Waals surface area contributed by atoms with Crippen molar-refractivity contribution in [3.8, 4) is 0 Å². The number of thiophene rings is 2. The van der Waals surface area contributed by atoms with E-state index in [4.69, 9.17) is 5.73 Å². The number of rotatable bonds is 2. The van der Waals surface area contributed by atoms with Crippen molar-refractivity contribution in [1.82, 2.24) is 0 Å². The van der Waals surface area contributed by atoms with Crippen LogP contribution in [0, 0.1) is 12.7 Å². The summed E-state index contributed by atoms with van der Waals surface area (Å²) in [5, 5.41) is 0.929. The lowest BCUT2D eigenvalue weighted by Crippen LogP contribution is -2.07. The molecule has 1 atom stereocenters. The molecule has 0 saturated carbocycles. The second kappa shape index (κ2) is 4.46. The molecule has 0 saturated heterocycles. The Balaban J connectivity index is 2.03. The van der Waals surface area contributed by atoms with Crippen molar-refractivity contribution in [2.75, 3.05) is 0 Å². The van der Waals surface area contributed by atoms with Crippen LogP contribution in [0.25, 0.3) is 10.1 Å². The maximum Gasteiger partial charge on any atom is 0.123 e. The number of hydrogen-bond acceptors (Lipinski definition) is 3. The Labute approximate surface area is 113 Å². The van der Waals surface area contributed by atoms with Gasteiger partial charge in [0, 0.05) is 19.3 Å². The number of nitrogens with two attached hydrogens (primary N) is 1. The molecule has 1 aromatic carbocycles. The van der Waals surface area contributed by atoms with Gasteiger partial charge in [-0.25, -0.2) is 4.39 Å². The van der Waals surface area contributed by atoms with Gasteiger partial charge in [-0.1, -0.05) is 0 Å². The minimum Gasteiger partial charge on any atom is -0.319 e. The Hall–Kier alpha value is -1.23. The average molecular weight is 277 g/mol. The summed E-state index contributed by atoms with van der Waals surface area (Å²) >= 11 is 3.34. The van der Waals surface area contributed by atoms with E-state index in [2.05, 4.69) is 19.1 Å². The van der Waals surface area contributed by atoms with Crippen molar-refractivity contribution in [1.29, 1.82) is 0 Å². The van der Waals surface area contributed by atoms with E-state index in [0.717, 1.165) is 19.8 Å². The molecule has 1 nitrogen and oxygen atoms in total. The number of halogens is 1. The highest BCUT2D eigenvalue weighted by atomic mass is 32.1. The van der Waals surface area contributed by atoms with Crippen LogP contribution in [0.2, 0.25) is 0 Å². The van der Waals surface area contributed by atoms with Crippen molar-refractivity contribution in [3.63, 3.8) is 0 Å². The Morgan fingerprint density at radius 2 is 1.89 bits per heavy atom. The summed E-state index contributed by atoms with van der Waals surface area (Å²) in [6.45, 7) is 2.07. The molecule has 92 valence electrons. The third kappa shape index (κ3) is 2.07. The first-order valence-electron chi connectivity index (χ1n) is 5.64. The van der Waals surface area contributed by atoms with E-state index in [9.17, 15) is 4.39 Å². The minimum atomic E-state index is -0.201. The normalized spacial score (nSPS) is 13.1. The van der Waals surface area contributed by atoms with Crippen LogP contribution >= 0.6 is 22.7 Å². The van der Waals surface area contributed by atoms with Gasteiger partial charge in [0.15, 0.2) is 0 Å². The highest BCUT2D eigenvalue weighted by Crippen LogP contribution is 2.34. The predicted molar refractivity (Wildman–Crippen MR) is 76.9 cm³/mol. The Kier molecular flexibility index (Phi) is 2.93. The van der Waals surface area contributed by atoms with Crippen molar-refractivity contribution < 1.29 is 4.39 Å². The molecular weight excluding hydrogens is 265 g/mol. The number of fused-ring (bicyclic) bond motifs is 1. The first-order chi connectivity index (χ1) is 8.63. The zero-order valence-electron chi connectivity index (χ0n) is 9.81. The van der Waals surface area contributed by atoms with Gasteiger partial charge < -0.3 is 5.73 Å². The number of benzene rings is 1. The summed E-state index contributed by atoms with van der Waals surface area (Å²) in [5.41, 5.74) is 6.26. The van der Waals surface area contributed by atoms with Crippen LogP contribution in [0.5, 0.6) is 0 Å². The van der Waals surface area contributed by atoms with Crippen molar-refractivity contribution in [2.24, 2.45) is 5.73 Å². The van der Waals surface area contributed by atoms with Crippen molar-refractivity contribution >= 4 is 32.8 Å². The summed E-state index contributed by atoms with van der Waals surface area (Å²) in [5.74, 6) is -0.201. The topological polar surface area (TPSA) is 26.0 Å². The highest BCUT2D eigenvalue weighted by Gasteiger charge is 2.14. The van der Waals surface area contributed by atoms with Gasteiger partial charge in [0.25, 0.3) is 0 Å².